The van der Waals surface area contributed by atoms with E-state index in [1.54, 1.807) is 23.5 Å². The molecule has 0 atom stereocenters. The molecule has 0 aliphatic rings. The minimum atomic E-state index is -0.209. The van der Waals surface area contributed by atoms with Gasteiger partial charge in [-0.15, -0.1) is 11.3 Å². The van der Waals surface area contributed by atoms with Crippen molar-refractivity contribution in [2.24, 2.45) is 0 Å². The van der Waals surface area contributed by atoms with E-state index in [-0.39, 0.29) is 5.82 Å². The fourth-order valence-corrected chi connectivity index (χ4v) is 3.23. The molecule has 0 aliphatic heterocycles. The van der Waals surface area contributed by atoms with Crippen molar-refractivity contribution >= 4 is 11.3 Å². The van der Waals surface area contributed by atoms with Crippen molar-refractivity contribution in [1.29, 1.82) is 0 Å². The van der Waals surface area contributed by atoms with Gasteiger partial charge >= 0.3 is 0 Å². The highest BCUT2D eigenvalue weighted by molar-refractivity contribution is 7.15. The van der Waals surface area contributed by atoms with Crippen LogP contribution >= 0.6 is 11.3 Å². The van der Waals surface area contributed by atoms with E-state index in [1.165, 1.54) is 17.0 Å². The fourth-order valence-electron chi connectivity index (χ4n) is 2.04. The Labute approximate surface area is 124 Å². The second-order valence-electron chi connectivity index (χ2n) is 5.17. The second-order valence-corrected chi connectivity index (χ2v) is 6.25. The van der Waals surface area contributed by atoms with Crippen LogP contribution in [-0.4, -0.2) is 11.5 Å². The lowest BCUT2D eigenvalue weighted by atomic mass is 10.1. The van der Waals surface area contributed by atoms with E-state index in [9.17, 15) is 4.39 Å². The van der Waals surface area contributed by atoms with Gasteiger partial charge in [0.05, 0.1) is 5.69 Å². The molecule has 4 heteroatoms. The molecular formula is C16H21FN2S. The monoisotopic (exact) mass is 292 g/mol. The van der Waals surface area contributed by atoms with E-state index in [2.05, 4.69) is 26.1 Å². The van der Waals surface area contributed by atoms with Crippen LogP contribution in [0.15, 0.2) is 24.3 Å². The van der Waals surface area contributed by atoms with Crippen LogP contribution in [-0.2, 0) is 6.54 Å². The molecule has 0 bridgehead atoms. The van der Waals surface area contributed by atoms with Crippen molar-refractivity contribution < 1.29 is 4.39 Å². The average Bonchev–Trinajstić information content (AvgIpc) is 2.84. The summed E-state index contributed by atoms with van der Waals surface area (Å²) in [6, 6.07) is 6.56. The van der Waals surface area contributed by atoms with E-state index in [1.807, 2.05) is 0 Å². The summed E-state index contributed by atoms with van der Waals surface area (Å²) in [5.74, 6) is 0.193. The molecule has 0 unspecified atom stereocenters. The van der Waals surface area contributed by atoms with Crippen molar-refractivity contribution in [3.8, 4) is 10.6 Å². The Morgan fingerprint density at radius 2 is 1.95 bits per heavy atom. The molecule has 0 amide bonds. The molecule has 0 spiro atoms. The minimum absolute atomic E-state index is 0.209. The summed E-state index contributed by atoms with van der Waals surface area (Å²) in [5, 5.41) is 4.41. The van der Waals surface area contributed by atoms with Gasteiger partial charge in [-0.1, -0.05) is 20.8 Å². The normalized spacial score (nSPS) is 11.2. The Morgan fingerprint density at radius 1 is 1.25 bits per heavy atom. The summed E-state index contributed by atoms with van der Waals surface area (Å²) in [5.41, 5.74) is 2.14. The van der Waals surface area contributed by atoms with Gasteiger partial charge in [-0.25, -0.2) is 9.37 Å². The molecule has 0 radical (unpaired) electrons. The Kier molecular flexibility index (Phi) is 5.26. The van der Waals surface area contributed by atoms with Gasteiger partial charge in [-0.2, -0.15) is 0 Å². The summed E-state index contributed by atoms with van der Waals surface area (Å²) in [7, 11) is 0. The highest BCUT2D eigenvalue weighted by Crippen LogP contribution is 2.31. The molecule has 1 aromatic carbocycles. The largest absolute Gasteiger partial charge is 0.312 e. The number of hydrogen-bond acceptors (Lipinski definition) is 3. The third-order valence-corrected chi connectivity index (χ3v) is 4.20. The number of hydrogen-bond donors (Lipinski definition) is 1. The van der Waals surface area contributed by atoms with Crippen LogP contribution in [0.5, 0.6) is 0 Å². The lowest BCUT2D eigenvalue weighted by Gasteiger charge is -2.05. The van der Waals surface area contributed by atoms with Crippen molar-refractivity contribution in [3.05, 3.63) is 40.7 Å². The Balaban J connectivity index is 2.26. The highest BCUT2D eigenvalue weighted by Gasteiger charge is 2.15. The lowest BCUT2D eigenvalue weighted by molar-refractivity contribution is 0.628. The highest BCUT2D eigenvalue weighted by atomic mass is 32.1. The predicted molar refractivity (Wildman–Crippen MR) is 83.6 cm³/mol. The zero-order valence-corrected chi connectivity index (χ0v) is 13.1. The number of nitrogens with one attached hydrogen (secondary N) is 1. The number of benzene rings is 1. The topological polar surface area (TPSA) is 24.9 Å². The lowest BCUT2D eigenvalue weighted by Crippen LogP contribution is -2.14. The van der Waals surface area contributed by atoms with Gasteiger partial charge in [0.15, 0.2) is 0 Å². The molecular weight excluding hydrogens is 271 g/mol. The molecule has 1 heterocycles. The number of nitrogens with zero attached hydrogens (tertiary/aromatic N) is 1. The summed E-state index contributed by atoms with van der Waals surface area (Å²) < 4.78 is 13.0. The van der Waals surface area contributed by atoms with E-state index in [0.717, 1.165) is 35.8 Å². The summed E-state index contributed by atoms with van der Waals surface area (Å²) in [6.45, 7) is 8.36. The van der Waals surface area contributed by atoms with Crippen molar-refractivity contribution in [3.63, 3.8) is 0 Å². The molecule has 2 nitrogen and oxygen atoms in total. The van der Waals surface area contributed by atoms with Crippen LogP contribution in [0.1, 0.15) is 43.7 Å². The van der Waals surface area contributed by atoms with Crippen LogP contribution in [0.4, 0.5) is 4.39 Å². The minimum Gasteiger partial charge on any atom is -0.312 e. The number of halogens is 1. The summed E-state index contributed by atoms with van der Waals surface area (Å²) in [6.07, 6.45) is 1.13. The number of thiazole rings is 1. The first kappa shape index (κ1) is 15.1. The van der Waals surface area contributed by atoms with Crippen LogP contribution in [0.25, 0.3) is 10.6 Å². The van der Waals surface area contributed by atoms with Gasteiger partial charge in [-0.05, 0) is 43.1 Å². The molecule has 0 saturated carbocycles. The van der Waals surface area contributed by atoms with Crippen LogP contribution in [0, 0.1) is 5.82 Å². The maximum Gasteiger partial charge on any atom is 0.123 e. The van der Waals surface area contributed by atoms with Crippen LogP contribution < -0.4 is 5.32 Å². The molecule has 0 aliphatic carbocycles. The molecule has 20 heavy (non-hydrogen) atoms. The van der Waals surface area contributed by atoms with E-state index < -0.39 is 0 Å². The first-order chi connectivity index (χ1) is 9.61. The maximum atomic E-state index is 13.0. The molecule has 0 saturated heterocycles. The van der Waals surface area contributed by atoms with Crippen molar-refractivity contribution in [1.82, 2.24) is 10.3 Å². The summed E-state index contributed by atoms with van der Waals surface area (Å²) >= 11 is 1.70. The smallest absolute Gasteiger partial charge is 0.123 e. The second kappa shape index (κ2) is 6.95. The zero-order chi connectivity index (χ0) is 14.5. The molecule has 0 fully saturated rings. The Hall–Kier alpha value is -1.26. The van der Waals surface area contributed by atoms with Crippen molar-refractivity contribution in [2.75, 3.05) is 6.54 Å². The standard InChI is InChI=1S/C16H21FN2S/c1-4-9-18-10-14-15(11(2)3)19-16(20-14)12-5-7-13(17)8-6-12/h5-8,11,18H,4,9-10H2,1-3H3. The van der Waals surface area contributed by atoms with Gasteiger partial charge < -0.3 is 5.32 Å². The van der Waals surface area contributed by atoms with E-state index in [4.69, 9.17) is 4.98 Å². The van der Waals surface area contributed by atoms with Crippen LogP contribution in [0.2, 0.25) is 0 Å². The Bertz CT molecular complexity index is 546. The van der Waals surface area contributed by atoms with Gasteiger partial charge in [-0.3, -0.25) is 0 Å². The average molecular weight is 292 g/mol. The third-order valence-electron chi connectivity index (χ3n) is 3.08. The maximum absolute atomic E-state index is 13.0. The van der Waals surface area contributed by atoms with Gasteiger partial charge in [0.25, 0.3) is 0 Å². The van der Waals surface area contributed by atoms with Crippen molar-refractivity contribution in [2.45, 2.75) is 39.7 Å². The zero-order valence-electron chi connectivity index (χ0n) is 12.2. The first-order valence-corrected chi connectivity index (χ1v) is 7.89. The van der Waals surface area contributed by atoms with E-state index in [0.29, 0.717) is 5.92 Å². The predicted octanol–water partition coefficient (Wildman–Crippen LogP) is 4.57. The number of aromatic nitrogens is 1. The molecule has 1 N–H and O–H groups in total. The fraction of sp³-hybridized carbons (Fsp3) is 0.438. The quantitative estimate of drug-likeness (QED) is 0.789. The molecule has 2 rings (SSSR count). The SMILES string of the molecule is CCCNCc1sc(-c2ccc(F)cc2)nc1C(C)C. The van der Waals surface area contributed by atoms with Gasteiger partial charge in [0.2, 0.25) is 0 Å². The van der Waals surface area contributed by atoms with E-state index >= 15 is 0 Å². The molecule has 2 aromatic rings. The number of rotatable bonds is 6. The first-order valence-electron chi connectivity index (χ1n) is 7.08. The Morgan fingerprint density at radius 3 is 2.55 bits per heavy atom. The third kappa shape index (κ3) is 3.64. The molecule has 108 valence electrons. The van der Waals surface area contributed by atoms with Gasteiger partial charge in [0, 0.05) is 17.0 Å². The van der Waals surface area contributed by atoms with Gasteiger partial charge in [0.1, 0.15) is 10.8 Å². The van der Waals surface area contributed by atoms with Crippen LogP contribution in [0.3, 0.4) is 0 Å². The summed E-state index contributed by atoms with van der Waals surface area (Å²) in [4.78, 5) is 6.03. The molecule has 1 aromatic heterocycles.